The summed E-state index contributed by atoms with van der Waals surface area (Å²) in [6.45, 7) is 0. The number of nitrogens with zero attached hydrogens (tertiary/aromatic N) is 1. The fourth-order valence-electron chi connectivity index (χ4n) is 1.05. The van der Waals surface area contributed by atoms with Gasteiger partial charge in [0.2, 0.25) is 5.91 Å². The molecule has 1 aromatic rings. The molecule has 0 radical (unpaired) electrons. The monoisotopic (exact) mass is 225 g/mol. The average Bonchev–Trinajstić information content (AvgIpc) is 2.61. The molecule has 16 heavy (non-hydrogen) atoms. The second-order valence-corrected chi connectivity index (χ2v) is 3.13. The Morgan fingerprint density at radius 2 is 2.31 bits per heavy atom. The third-order valence-electron chi connectivity index (χ3n) is 1.74. The maximum Gasteiger partial charge on any atom is 0.433 e. The number of hydrogen-bond donors (Lipinski definition) is 2. The van der Waals surface area contributed by atoms with Gasteiger partial charge in [-0.1, -0.05) is 6.08 Å². The molecule has 0 aliphatic rings. The zero-order chi connectivity index (χ0) is 12.1. The van der Waals surface area contributed by atoms with Crippen LogP contribution in [0.5, 0.6) is 0 Å². The lowest BCUT2D eigenvalue weighted by atomic mass is 10.2. The molecule has 86 valence electrons. The smallest absolute Gasteiger partial charge is 0.401 e. The van der Waals surface area contributed by atoms with Gasteiger partial charge < -0.3 is 15.9 Å². The normalized spacial score (nSPS) is 12.8. The van der Waals surface area contributed by atoms with E-state index in [2.05, 4.69) is 0 Å². The second-order valence-electron chi connectivity index (χ2n) is 3.13. The van der Waals surface area contributed by atoms with Gasteiger partial charge in [0.15, 0.2) is 0 Å². The van der Waals surface area contributed by atoms with Gasteiger partial charge in [-0.15, -0.1) is 0 Å². The molecule has 0 aromatic carbocycles. The lowest BCUT2D eigenvalue weighted by Crippen LogP contribution is -2.25. The average molecular weight is 225 g/mol. The van der Waals surface area contributed by atoms with Crippen molar-refractivity contribution in [2.45, 2.75) is 12.5 Å². The molecule has 0 fully saturated rings. The number of nitrogens with two attached hydrogens (primary N) is 2. The number of carbonyl (C=O) groups is 1. The Labute approximate surface area is 90.9 Å². The van der Waals surface area contributed by atoms with E-state index in [4.69, 9.17) is 15.9 Å². The minimum Gasteiger partial charge on any atom is -0.401 e. The molecular weight excluding hydrogens is 214 g/mol. The van der Waals surface area contributed by atoms with Crippen molar-refractivity contribution in [3.8, 4) is 0 Å². The molecule has 0 saturated heterocycles. The summed E-state index contributed by atoms with van der Waals surface area (Å²) in [7, 11) is 0. The molecule has 1 aromatic heterocycles. The van der Waals surface area contributed by atoms with E-state index < -0.39 is 16.9 Å². The molecular formula is C9H11N3O4. The Bertz CT molecular complexity index is 424. The molecule has 1 rings (SSSR count). The van der Waals surface area contributed by atoms with E-state index in [1.165, 1.54) is 24.3 Å². The van der Waals surface area contributed by atoms with Crippen LogP contribution < -0.4 is 11.5 Å². The van der Waals surface area contributed by atoms with Crippen molar-refractivity contribution in [1.29, 1.82) is 0 Å². The van der Waals surface area contributed by atoms with Crippen LogP contribution in [0.1, 0.15) is 12.2 Å². The van der Waals surface area contributed by atoms with E-state index in [1.807, 2.05) is 0 Å². The Morgan fingerprint density at radius 3 is 2.81 bits per heavy atom. The van der Waals surface area contributed by atoms with Gasteiger partial charge in [-0.2, -0.15) is 0 Å². The quantitative estimate of drug-likeness (QED) is 0.554. The van der Waals surface area contributed by atoms with E-state index in [9.17, 15) is 14.9 Å². The molecule has 0 bridgehead atoms. The minimum atomic E-state index is -0.638. The predicted octanol–water partition coefficient (Wildman–Crippen LogP) is 0.404. The van der Waals surface area contributed by atoms with Crippen molar-refractivity contribution in [2.75, 3.05) is 0 Å². The first-order valence-corrected chi connectivity index (χ1v) is 4.45. The number of hydrogen-bond acceptors (Lipinski definition) is 5. The van der Waals surface area contributed by atoms with Crippen LogP contribution >= 0.6 is 0 Å². The third kappa shape index (κ3) is 3.54. The predicted molar refractivity (Wildman–Crippen MR) is 56.2 cm³/mol. The molecule has 1 heterocycles. The molecule has 7 nitrogen and oxygen atoms in total. The molecule has 1 unspecified atom stereocenters. The molecule has 4 N–H and O–H groups in total. The second kappa shape index (κ2) is 5.08. The van der Waals surface area contributed by atoms with Crippen LogP contribution in [0.4, 0.5) is 5.88 Å². The molecule has 0 aliphatic carbocycles. The van der Waals surface area contributed by atoms with E-state index in [-0.39, 0.29) is 12.3 Å². The summed E-state index contributed by atoms with van der Waals surface area (Å²) in [5, 5.41) is 10.3. The van der Waals surface area contributed by atoms with Crippen molar-refractivity contribution in [3.05, 3.63) is 34.1 Å². The van der Waals surface area contributed by atoms with Crippen LogP contribution in [-0.4, -0.2) is 16.9 Å². The number of rotatable bonds is 5. The number of primary amides is 1. The fraction of sp³-hybridized carbons (Fsp3) is 0.222. The van der Waals surface area contributed by atoms with Crippen LogP contribution in [0, 0.1) is 10.1 Å². The summed E-state index contributed by atoms with van der Waals surface area (Å²) in [5.74, 6) is -0.558. The summed E-state index contributed by atoms with van der Waals surface area (Å²) in [6, 6.07) is 2.15. The standard InChI is InChI=1S/C9H11N3O4/c10-6(5-8(11)13)1-2-7-3-4-9(16-7)12(14)15/h1-4,6H,5,10H2,(H2,11,13)/b2-1+. The van der Waals surface area contributed by atoms with E-state index in [0.29, 0.717) is 5.76 Å². The number of carbonyl (C=O) groups excluding carboxylic acids is 1. The number of nitro groups is 1. The first kappa shape index (κ1) is 11.9. The van der Waals surface area contributed by atoms with Crippen LogP contribution in [-0.2, 0) is 4.79 Å². The van der Waals surface area contributed by atoms with Crippen molar-refractivity contribution in [2.24, 2.45) is 11.5 Å². The maximum atomic E-state index is 10.5. The summed E-state index contributed by atoms with van der Waals surface area (Å²) < 4.78 is 4.84. The molecule has 0 saturated carbocycles. The number of furan rings is 1. The van der Waals surface area contributed by atoms with E-state index in [0.717, 1.165) is 0 Å². The lowest BCUT2D eigenvalue weighted by molar-refractivity contribution is -0.402. The minimum absolute atomic E-state index is 0.0132. The van der Waals surface area contributed by atoms with Crippen molar-refractivity contribution in [1.82, 2.24) is 0 Å². The molecule has 7 heteroatoms. The van der Waals surface area contributed by atoms with Crippen LogP contribution in [0.3, 0.4) is 0 Å². The van der Waals surface area contributed by atoms with Gasteiger partial charge in [0.1, 0.15) is 10.7 Å². The fourth-order valence-corrected chi connectivity index (χ4v) is 1.05. The highest BCUT2D eigenvalue weighted by Crippen LogP contribution is 2.16. The van der Waals surface area contributed by atoms with Gasteiger partial charge in [-0.25, -0.2) is 0 Å². The SMILES string of the molecule is NC(=O)CC(N)/C=C/c1ccc([N+](=O)[O-])o1. The van der Waals surface area contributed by atoms with Crippen LogP contribution in [0.25, 0.3) is 6.08 Å². The highest BCUT2D eigenvalue weighted by atomic mass is 16.6. The van der Waals surface area contributed by atoms with Crippen LogP contribution in [0.15, 0.2) is 22.6 Å². The molecule has 0 spiro atoms. The first-order chi connectivity index (χ1) is 7.49. The topological polar surface area (TPSA) is 125 Å². The van der Waals surface area contributed by atoms with Gasteiger partial charge in [-0.05, 0) is 12.1 Å². The van der Waals surface area contributed by atoms with Crippen molar-refractivity contribution < 1.29 is 14.1 Å². The lowest BCUT2D eigenvalue weighted by Gasteiger charge is -2.00. The van der Waals surface area contributed by atoms with Crippen LogP contribution in [0.2, 0.25) is 0 Å². The molecule has 0 aliphatic heterocycles. The zero-order valence-corrected chi connectivity index (χ0v) is 8.33. The highest BCUT2D eigenvalue weighted by Gasteiger charge is 2.10. The Kier molecular flexibility index (Phi) is 3.78. The van der Waals surface area contributed by atoms with Gasteiger partial charge >= 0.3 is 5.88 Å². The Hall–Kier alpha value is -2.15. The summed E-state index contributed by atoms with van der Waals surface area (Å²) in [5.41, 5.74) is 10.5. The van der Waals surface area contributed by atoms with Gasteiger partial charge in [-0.3, -0.25) is 14.9 Å². The first-order valence-electron chi connectivity index (χ1n) is 4.45. The maximum absolute atomic E-state index is 10.5. The summed E-state index contributed by atoms with van der Waals surface area (Å²) in [6.07, 6.45) is 2.97. The number of amides is 1. The largest absolute Gasteiger partial charge is 0.433 e. The third-order valence-corrected chi connectivity index (χ3v) is 1.74. The zero-order valence-electron chi connectivity index (χ0n) is 8.33. The van der Waals surface area contributed by atoms with Crippen molar-refractivity contribution >= 4 is 17.9 Å². The van der Waals surface area contributed by atoms with E-state index in [1.54, 1.807) is 0 Å². The van der Waals surface area contributed by atoms with Crippen molar-refractivity contribution in [3.63, 3.8) is 0 Å². The molecule has 1 amide bonds. The van der Waals surface area contributed by atoms with E-state index >= 15 is 0 Å². The van der Waals surface area contributed by atoms with Gasteiger partial charge in [0.25, 0.3) is 0 Å². The molecule has 1 atom stereocenters. The summed E-state index contributed by atoms with van der Waals surface area (Å²) >= 11 is 0. The van der Waals surface area contributed by atoms with Gasteiger partial charge in [0, 0.05) is 12.5 Å². The Balaban J connectivity index is 2.62. The van der Waals surface area contributed by atoms with Gasteiger partial charge in [0.05, 0.1) is 6.07 Å². The summed E-state index contributed by atoms with van der Waals surface area (Å²) in [4.78, 5) is 20.2. The Morgan fingerprint density at radius 1 is 1.62 bits per heavy atom. The highest BCUT2D eigenvalue weighted by molar-refractivity contribution is 5.74.